The zero-order valence-electron chi connectivity index (χ0n) is 18.4. The van der Waals surface area contributed by atoms with E-state index in [1.54, 1.807) is 24.4 Å². The van der Waals surface area contributed by atoms with Crippen molar-refractivity contribution in [2.75, 3.05) is 21.3 Å². The molecule has 0 spiro atoms. The highest BCUT2D eigenvalue weighted by molar-refractivity contribution is 7.92. The van der Waals surface area contributed by atoms with Crippen molar-refractivity contribution in [3.8, 4) is 0 Å². The molecule has 9 nitrogen and oxygen atoms in total. The van der Waals surface area contributed by atoms with Gasteiger partial charge in [0.25, 0.3) is 5.91 Å². The molecule has 1 heterocycles. The van der Waals surface area contributed by atoms with Crippen molar-refractivity contribution in [3.63, 3.8) is 0 Å². The number of amides is 1. The van der Waals surface area contributed by atoms with Crippen molar-refractivity contribution in [2.24, 2.45) is 5.10 Å². The van der Waals surface area contributed by atoms with Gasteiger partial charge >= 0.3 is 5.97 Å². The second-order valence-corrected chi connectivity index (χ2v) is 9.30. The number of anilines is 3. The second kappa shape index (κ2) is 10.3. The third-order valence-corrected chi connectivity index (χ3v) is 5.53. The summed E-state index contributed by atoms with van der Waals surface area (Å²) in [5, 5.41) is 17.8. The Morgan fingerprint density at radius 2 is 1.94 bits per heavy atom. The molecule has 0 fully saturated rings. The highest BCUT2D eigenvalue weighted by Gasteiger charge is 2.31. The van der Waals surface area contributed by atoms with Gasteiger partial charge < -0.3 is 10.4 Å². The summed E-state index contributed by atoms with van der Waals surface area (Å²) in [6.07, 6.45) is 4.04. The number of rotatable bonds is 10. The zero-order chi connectivity index (χ0) is 24.0. The Balaban J connectivity index is 1.91. The average Bonchev–Trinajstić information content (AvgIpc) is 3.06. The summed E-state index contributed by atoms with van der Waals surface area (Å²) in [5.74, 6) is -1.31. The molecule has 0 aromatic heterocycles. The molecule has 0 atom stereocenters. The number of hydrogen-bond acceptors (Lipinski definition) is 6. The highest BCUT2D eigenvalue weighted by atomic mass is 32.2. The van der Waals surface area contributed by atoms with E-state index in [0.29, 0.717) is 35.5 Å². The van der Waals surface area contributed by atoms with E-state index in [1.165, 1.54) is 11.1 Å². The maximum atomic E-state index is 13.2. The molecule has 10 heteroatoms. The summed E-state index contributed by atoms with van der Waals surface area (Å²) in [4.78, 5) is 24.2. The molecule has 2 aromatic carbocycles. The molecule has 2 aromatic rings. The Hall–Kier alpha value is -3.66. The van der Waals surface area contributed by atoms with E-state index in [-0.39, 0.29) is 6.42 Å². The van der Waals surface area contributed by atoms with Gasteiger partial charge in [0.05, 0.1) is 28.9 Å². The highest BCUT2D eigenvalue weighted by Crippen LogP contribution is 2.28. The minimum absolute atomic E-state index is 0.0413. The van der Waals surface area contributed by atoms with Gasteiger partial charge in [-0.15, -0.1) is 0 Å². The molecule has 3 N–H and O–H groups in total. The fourth-order valence-electron chi connectivity index (χ4n) is 3.40. The molecule has 0 bridgehead atoms. The Morgan fingerprint density at radius 3 is 2.64 bits per heavy atom. The minimum atomic E-state index is -3.48. The first-order valence-corrected chi connectivity index (χ1v) is 12.3. The molecule has 0 saturated heterocycles. The van der Waals surface area contributed by atoms with Crippen LogP contribution < -0.4 is 15.0 Å². The summed E-state index contributed by atoms with van der Waals surface area (Å²) in [6, 6.07) is 14.1. The van der Waals surface area contributed by atoms with Crippen molar-refractivity contribution < 1.29 is 23.1 Å². The van der Waals surface area contributed by atoms with Crippen LogP contribution in [-0.2, 0) is 26.0 Å². The number of nitrogens with one attached hydrogen (secondary N) is 2. The monoisotopic (exact) mass is 470 g/mol. The standard InChI is InChI=1S/C23H26N4O5S/c1-3-16-8-4-5-11-20(16)24-15-19-21(12-7-13-22(28)29)25-27(23(19)30)18-10-6-9-17(14-18)26-33(2,31)32/h4-6,8-11,14-15,24,26H,3,7,12-13H2,1-2H3,(H,28,29). The fourth-order valence-corrected chi connectivity index (χ4v) is 3.96. The number of carbonyl (C=O) groups excluding carboxylic acids is 1. The Bertz CT molecular complexity index is 1220. The van der Waals surface area contributed by atoms with Crippen LogP contribution in [0, 0.1) is 0 Å². The third kappa shape index (κ3) is 6.42. The van der Waals surface area contributed by atoms with E-state index >= 15 is 0 Å². The van der Waals surface area contributed by atoms with Crippen LogP contribution in [0.5, 0.6) is 0 Å². The number of aryl methyl sites for hydroxylation is 1. The normalized spacial score (nSPS) is 15.0. The predicted octanol–water partition coefficient (Wildman–Crippen LogP) is 3.57. The van der Waals surface area contributed by atoms with Crippen LogP contribution in [0.4, 0.5) is 17.1 Å². The SMILES string of the molecule is CCc1ccccc1NC=C1C(=O)N(c2cccc(NS(C)(=O)=O)c2)N=C1CCCC(=O)O. The molecule has 1 aliphatic heterocycles. The molecule has 0 radical (unpaired) electrons. The van der Waals surface area contributed by atoms with Gasteiger partial charge in [-0.2, -0.15) is 10.1 Å². The molecule has 174 valence electrons. The largest absolute Gasteiger partial charge is 0.481 e. The topological polar surface area (TPSA) is 128 Å². The zero-order valence-corrected chi connectivity index (χ0v) is 19.2. The number of aliphatic carboxylic acids is 1. The number of nitrogens with zero attached hydrogens (tertiary/aromatic N) is 2. The number of para-hydroxylation sites is 1. The number of carbonyl (C=O) groups is 2. The van der Waals surface area contributed by atoms with Crippen molar-refractivity contribution in [1.82, 2.24) is 0 Å². The molecule has 1 aliphatic rings. The molecule has 0 aliphatic carbocycles. The van der Waals surface area contributed by atoms with E-state index in [1.807, 2.05) is 31.2 Å². The lowest BCUT2D eigenvalue weighted by molar-refractivity contribution is -0.137. The Kier molecular flexibility index (Phi) is 7.49. The minimum Gasteiger partial charge on any atom is -0.481 e. The first kappa shape index (κ1) is 24.0. The lowest BCUT2D eigenvalue weighted by Gasteiger charge is -2.13. The molecule has 0 unspecified atom stereocenters. The number of carboxylic acid groups (broad SMARTS) is 1. The summed E-state index contributed by atoms with van der Waals surface area (Å²) in [5.41, 5.74) is 3.43. The van der Waals surface area contributed by atoms with Crippen molar-refractivity contribution in [1.29, 1.82) is 0 Å². The van der Waals surface area contributed by atoms with Gasteiger partial charge in [0.2, 0.25) is 10.0 Å². The average molecular weight is 471 g/mol. The van der Waals surface area contributed by atoms with Crippen LogP contribution in [0.25, 0.3) is 0 Å². The Labute approximate surface area is 192 Å². The van der Waals surface area contributed by atoms with Gasteiger partial charge in [0, 0.05) is 18.3 Å². The van der Waals surface area contributed by atoms with Gasteiger partial charge in [-0.3, -0.25) is 14.3 Å². The molecule has 33 heavy (non-hydrogen) atoms. The van der Waals surface area contributed by atoms with E-state index < -0.39 is 21.9 Å². The van der Waals surface area contributed by atoms with Crippen LogP contribution in [0.15, 0.2) is 65.4 Å². The van der Waals surface area contributed by atoms with Gasteiger partial charge in [0.15, 0.2) is 0 Å². The number of hydrogen-bond donors (Lipinski definition) is 3. The summed E-state index contributed by atoms with van der Waals surface area (Å²) < 4.78 is 25.5. The summed E-state index contributed by atoms with van der Waals surface area (Å²) in [7, 11) is -3.48. The number of carboxylic acids is 1. The molecule has 0 saturated carbocycles. The smallest absolute Gasteiger partial charge is 0.303 e. The maximum Gasteiger partial charge on any atom is 0.303 e. The summed E-state index contributed by atoms with van der Waals surface area (Å²) >= 11 is 0. The number of hydrazone groups is 1. The third-order valence-electron chi connectivity index (χ3n) is 4.92. The van der Waals surface area contributed by atoms with Gasteiger partial charge in [-0.05, 0) is 49.1 Å². The lowest BCUT2D eigenvalue weighted by Crippen LogP contribution is -2.22. The maximum absolute atomic E-state index is 13.2. The van der Waals surface area contributed by atoms with Crippen LogP contribution in [0.3, 0.4) is 0 Å². The van der Waals surface area contributed by atoms with E-state index in [0.717, 1.165) is 23.9 Å². The van der Waals surface area contributed by atoms with E-state index in [4.69, 9.17) is 5.11 Å². The van der Waals surface area contributed by atoms with Crippen molar-refractivity contribution in [2.45, 2.75) is 32.6 Å². The van der Waals surface area contributed by atoms with Gasteiger partial charge in [-0.25, -0.2) is 8.42 Å². The molecule has 3 rings (SSSR count). The van der Waals surface area contributed by atoms with Crippen LogP contribution in [0.1, 0.15) is 31.7 Å². The number of benzene rings is 2. The quantitative estimate of drug-likeness (QED) is 0.456. The summed E-state index contributed by atoms with van der Waals surface area (Å²) in [6.45, 7) is 2.03. The van der Waals surface area contributed by atoms with Crippen molar-refractivity contribution >= 4 is 44.7 Å². The van der Waals surface area contributed by atoms with Crippen LogP contribution in [-0.4, -0.2) is 37.4 Å². The molecular weight excluding hydrogens is 444 g/mol. The Morgan fingerprint density at radius 1 is 1.18 bits per heavy atom. The first-order chi connectivity index (χ1) is 15.7. The second-order valence-electron chi connectivity index (χ2n) is 7.55. The van der Waals surface area contributed by atoms with Crippen LogP contribution >= 0.6 is 0 Å². The van der Waals surface area contributed by atoms with Crippen molar-refractivity contribution in [3.05, 3.63) is 65.9 Å². The van der Waals surface area contributed by atoms with E-state index in [9.17, 15) is 18.0 Å². The lowest BCUT2D eigenvalue weighted by atomic mass is 10.1. The fraction of sp³-hybridized carbons (Fsp3) is 0.261. The first-order valence-electron chi connectivity index (χ1n) is 10.4. The van der Waals surface area contributed by atoms with Crippen LogP contribution in [0.2, 0.25) is 0 Å². The predicted molar refractivity (Wildman–Crippen MR) is 129 cm³/mol. The van der Waals surface area contributed by atoms with Gasteiger partial charge in [0.1, 0.15) is 0 Å². The molecular formula is C23H26N4O5S. The van der Waals surface area contributed by atoms with Gasteiger partial charge in [-0.1, -0.05) is 31.2 Å². The number of sulfonamides is 1. The van der Waals surface area contributed by atoms with E-state index in [2.05, 4.69) is 15.1 Å². The molecule has 1 amide bonds.